The van der Waals surface area contributed by atoms with E-state index in [1.165, 1.54) is 0 Å². The molecule has 0 aliphatic heterocycles. The number of hydrogen-bond donors (Lipinski definition) is 1. The van der Waals surface area contributed by atoms with Crippen LogP contribution in [0.2, 0.25) is 0 Å². The topological polar surface area (TPSA) is 97.0 Å². The Morgan fingerprint density at radius 1 is 1.09 bits per heavy atom. The Morgan fingerprint density at radius 3 is 2.38 bits per heavy atom. The van der Waals surface area contributed by atoms with Crippen molar-refractivity contribution < 1.29 is 14.3 Å². The third kappa shape index (κ3) is 4.86. The molecule has 7 heteroatoms. The van der Waals surface area contributed by atoms with Crippen molar-refractivity contribution in [3.8, 4) is 11.8 Å². The Balaban J connectivity index is 1.80. The minimum atomic E-state index is -0.832. The van der Waals surface area contributed by atoms with Gasteiger partial charge in [0.15, 0.2) is 0 Å². The molecule has 3 rings (SSSR count). The molecule has 0 radical (unpaired) electrons. The van der Waals surface area contributed by atoms with Crippen LogP contribution >= 0.6 is 0 Å². The number of carbonyl (C=O) groups excluding carboxylic acids is 2. The zero-order chi connectivity index (χ0) is 23.3. The fourth-order valence-corrected chi connectivity index (χ4v) is 3.41. The molecule has 1 atom stereocenters. The monoisotopic (exact) mass is 430 g/mol. The van der Waals surface area contributed by atoms with Crippen LogP contribution in [0.3, 0.4) is 0 Å². The number of benzene rings is 2. The van der Waals surface area contributed by atoms with E-state index in [4.69, 9.17) is 4.74 Å². The molecule has 3 aromatic rings. The average Bonchev–Trinajstić information content (AvgIpc) is 3.11. The van der Waals surface area contributed by atoms with Crippen LogP contribution in [0.1, 0.15) is 46.7 Å². The minimum Gasteiger partial charge on any atom is -0.458 e. The molecule has 1 amide bonds. The number of amides is 1. The van der Waals surface area contributed by atoms with Gasteiger partial charge in [0, 0.05) is 5.56 Å². The Bertz CT molecular complexity index is 1160. The van der Waals surface area contributed by atoms with Crippen LogP contribution in [0.4, 0.5) is 0 Å². The number of hydrogen-bond acceptors (Lipinski definition) is 5. The highest BCUT2D eigenvalue weighted by molar-refractivity contribution is 5.98. The molecule has 1 aromatic heterocycles. The van der Waals surface area contributed by atoms with E-state index in [1.54, 1.807) is 23.7 Å². The molecule has 1 heterocycles. The molecule has 0 bridgehead atoms. The summed E-state index contributed by atoms with van der Waals surface area (Å²) >= 11 is 0. The predicted molar refractivity (Wildman–Crippen MR) is 120 cm³/mol. The first-order valence-corrected chi connectivity index (χ1v) is 10.4. The van der Waals surface area contributed by atoms with Crippen molar-refractivity contribution in [1.82, 2.24) is 15.1 Å². The van der Waals surface area contributed by atoms with Gasteiger partial charge in [0.1, 0.15) is 24.3 Å². The molecule has 0 aliphatic carbocycles. The number of para-hydroxylation sites is 1. The van der Waals surface area contributed by atoms with Crippen LogP contribution in [0.25, 0.3) is 5.69 Å². The van der Waals surface area contributed by atoms with Gasteiger partial charge in [-0.25, -0.2) is 9.48 Å². The summed E-state index contributed by atoms with van der Waals surface area (Å²) in [5.41, 5.74) is 3.49. The van der Waals surface area contributed by atoms with Crippen LogP contribution in [0, 0.1) is 31.1 Å². The van der Waals surface area contributed by atoms with Crippen molar-refractivity contribution in [2.24, 2.45) is 5.92 Å². The standard InChI is InChI=1S/C25H26N4O3/c1-16(2)23(27-24(30)20-13-9-8-10-17(20)3)25(31)32-15-22-21(14-26)18(4)28-29(22)19-11-6-5-7-12-19/h5-13,16,23H,15H2,1-4H3,(H,27,30)/t23-/m0/s1. The van der Waals surface area contributed by atoms with E-state index in [0.717, 1.165) is 11.3 Å². The lowest BCUT2D eigenvalue weighted by Crippen LogP contribution is -2.45. The van der Waals surface area contributed by atoms with Gasteiger partial charge < -0.3 is 10.1 Å². The second-order valence-electron chi connectivity index (χ2n) is 7.88. The largest absolute Gasteiger partial charge is 0.458 e. The van der Waals surface area contributed by atoms with Crippen LogP contribution < -0.4 is 5.32 Å². The Labute approximate surface area is 187 Å². The van der Waals surface area contributed by atoms with E-state index in [1.807, 2.05) is 63.2 Å². The first-order valence-electron chi connectivity index (χ1n) is 10.4. The maximum atomic E-state index is 12.9. The number of carbonyl (C=O) groups is 2. The van der Waals surface area contributed by atoms with Crippen LogP contribution in [0.15, 0.2) is 54.6 Å². The van der Waals surface area contributed by atoms with E-state index >= 15 is 0 Å². The van der Waals surface area contributed by atoms with Crippen molar-refractivity contribution >= 4 is 11.9 Å². The quantitative estimate of drug-likeness (QED) is 0.574. The SMILES string of the molecule is Cc1ccccc1C(=O)N[C@H](C(=O)OCc1c(C#N)c(C)nn1-c1ccccc1)C(C)C. The summed E-state index contributed by atoms with van der Waals surface area (Å²) in [5.74, 6) is -1.09. The highest BCUT2D eigenvalue weighted by Gasteiger charge is 2.28. The number of ether oxygens (including phenoxy) is 1. The predicted octanol–water partition coefficient (Wildman–Crippen LogP) is 3.86. The van der Waals surface area contributed by atoms with Gasteiger partial charge in [0.25, 0.3) is 5.91 Å². The lowest BCUT2D eigenvalue weighted by atomic mass is 10.0. The van der Waals surface area contributed by atoms with Gasteiger partial charge in [-0.2, -0.15) is 10.4 Å². The van der Waals surface area contributed by atoms with Gasteiger partial charge in [0.05, 0.1) is 17.1 Å². The van der Waals surface area contributed by atoms with Crippen molar-refractivity contribution in [3.63, 3.8) is 0 Å². The first kappa shape index (κ1) is 22.8. The highest BCUT2D eigenvalue weighted by Crippen LogP contribution is 2.20. The lowest BCUT2D eigenvalue weighted by molar-refractivity contribution is -0.148. The fourth-order valence-electron chi connectivity index (χ4n) is 3.41. The van der Waals surface area contributed by atoms with Crippen molar-refractivity contribution in [3.05, 3.63) is 82.7 Å². The summed E-state index contributed by atoms with van der Waals surface area (Å²) in [6, 6.07) is 17.8. The van der Waals surface area contributed by atoms with Gasteiger partial charge in [-0.3, -0.25) is 4.79 Å². The summed E-state index contributed by atoms with van der Waals surface area (Å²) in [6.07, 6.45) is 0. The highest BCUT2D eigenvalue weighted by atomic mass is 16.5. The summed E-state index contributed by atoms with van der Waals surface area (Å²) in [4.78, 5) is 25.6. The Kier molecular flexibility index (Phi) is 7.06. The molecular formula is C25H26N4O3. The van der Waals surface area contributed by atoms with Crippen molar-refractivity contribution in [1.29, 1.82) is 5.26 Å². The number of aryl methyl sites for hydroxylation is 2. The molecule has 0 spiro atoms. The molecule has 1 N–H and O–H groups in total. The van der Waals surface area contributed by atoms with E-state index in [2.05, 4.69) is 16.5 Å². The van der Waals surface area contributed by atoms with Gasteiger partial charge in [0.2, 0.25) is 0 Å². The molecule has 164 valence electrons. The smallest absolute Gasteiger partial charge is 0.329 e. The second-order valence-corrected chi connectivity index (χ2v) is 7.88. The molecule has 0 unspecified atom stereocenters. The Morgan fingerprint density at radius 2 is 1.75 bits per heavy atom. The third-order valence-electron chi connectivity index (χ3n) is 5.22. The minimum absolute atomic E-state index is 0.138. The summed E-state index contributed by atoms with van der Waals surface area (Å²) in [6.45, 7) is 7.12. The number of aromatic nitrogens is 2. The number of rotatable bonds is 7. The zero-order valence-electron chi connectivity index (χ0n) is 18.6. The Hall–Kier alpha value is -3.92. The summed E-state index contributed by atoms with van der Waals surface area (Å²) in [7, 11) is 0. The van der Waals surface area contributed by atoms with E-state index in [0.29, 0.717) is 22.5 Å². The molecule has 0 saturated carbocycles. The fraction of sp³-hybridized carbons (Fsp3) is 0.280. The maximum Gasteiger partial charge on any atom is 0.329 e. The number of nitrogens with zero attached hydrogens (tertiary/aromatic N) is 3. The number of nitrogens with one attached hydrogen (secondary N) is 1. The first-order chi connectivity index (χ1) is 15.3. The van der Waals surface area contributed by atoms with Crippen molar-refractivity contribution in [2.45, 2.75) is 40.3 Å². The van der Waals surface area contributed by atoms with Crippen molar-refractivity contribution in [2.75, 3.05) is 0 Å². The number of nitriles is 1. The molecule has 0 fully saturated rings. The van der Waals surface area contributed by atoms with Gasteiger partial charge in [-0.05, 0) is 43.5 Å². The van der Waals surface area contributed by atoms with E-state index in [-0.39, 0.29) is 18.4 Å². The number of esters is 1. The molecular weight excluding hydrogens is 404 g/mol. The molecule has 0 saturated heterocycles. The second kappa shape index (κ2) is 9.92. The van der Waals surface area contributed by atoms with Gasteiger partial charge in [-0.1, -0.05) is 50.2 Å². The van der Waals surface area contributed by atoms with Gasteiger partial charge >= 0.3 is 5.97 Å². The molecule has 32 heavy (non-hydrogen) atoms. The zero-order valence-corrected chi connectivity index (χ0v) is 18.6. The summed E-state index contributed by atoms with van der Waals surface area (Å²) in [5, 5.41) is 16.8. The maximum absolute atomic E-state index is 12.9. The van der Waals surface area contributed by atoms with Crippen LogP contribution in [0.5, 0.6) is 0 Å². The molecule has 0 aliphatic rings. The van der Waals surface area contributed by atoms with Crippen LogP contribution in [-0.4, -0.2) is 27.7 Å². The van der Waals surface area contributed by atoms with E-state index in [9.17, 15) is 14.9 Å². The average molecular weight is 431 g/mol. The van der Waals surface area contributed by atoms with E-state index < -0.39 is 12.0 Å². The molecule has 2 aromatic carbocycles. The van der Waals surface area contributed by atoms with Crippen LogP contribution in [-0.2, 0) is 16.1 Å². The normalized spacial score (nSPS) is 11.6. The third-order valence-corrected chi connectivity index (χ3v) is 5.22. The summed E-state index contributed by atoms with van der Waals surface area (Å²) < 4.78 is 7.18. The van der Waals surface area contributed by atoms with Gasteiger partial charge in [-0.15, -0.1) is 0 Å². The molecule has 7 nitrogen and oxygen atoms in total. The lowest BCUT2D eigenvalue weighted by Gasteiger charge is -2.21.